The quantitative estimate of drug-likeness (QED) is 0.849. The Morgan fingerprint density at radius 3 is 2.92 bits per heavy atom. The topological polar surface area (TPSA) is 35.2 Å². The summed E-state index contributed by atoms with van der Waals surface area (Å²) in [6, 6.07) is 5.47. The third kappa shape index (κ3) is 3.28. The van der Waals surface area contributed by atoms with Crippen LogP contribution in [0.5, 0.6) is 5.75 Å². The van der Waals surface area contributed by atoms with E-state index in [1.165, 1.54) is 5.54 Å². The highest BCUT2D eigenvalue weighted by Gasteiger charge is 1.98. The van der Waals surface area contributed by atoms with E-state index < -0.39 is 0 Å². The first kappa shape index (κ1) is 10.4. The summed E-state index contributed by atoms with van der Waals surface area (Å²) in [7, 11) is 0. The van der Waals surface area contributed by atoms with Crippen LogP contribution in [0.4, 0.5) is 5.69 Å². The summed E-state index contributed by atoms with van der Waals surface area (Å²) >= 11 is 8.64. The Morgan fingerprint density at radius 1 is 1.54 bits per heavy atom. The largest absolute Gasteiger partial charge is 0.487 e. The highest BCUT2D eigenvalue weighted by atomic mass is 79.9. The van der Waals surface area contributed by atoms with Crippen LogP contribution in [-0.2, 0) is 0 Å². The SMILES string of the molecule is Nc1cc(Br)ccc1OC/C=C/Cl. The molecule has 0 saturated carbocycles. The minimum atomic E-state index is 0.426. The highest BCUT2D eigenvalue weighted by Crippen LogP contribution is 2.24. The van der Waals surface area contributed by atoms with E-state index in [9.17, 15) is 0 Å². The number of hydrogen-bond acceptors (Lipinski definition) is 2. The number of anilines is 1. The molecule has 2 N–H and O–H groups in total. The fraction of sp³-hybridized carbons (Fsp3) is 0.111. The van der Waals surface area contributed by atoms with Crippen molar-refractivity contribution in [1.82, 2.24) is 0 Å². The number of halogens is 2. The van der Waals surface area contributed by atoms with E-state index in [2.05, 4.69) is 15.9 Å². The summed E-state index contributed by atoms with van der Waals surface area (Å²) in [6.45, 7) is 0.426. The van der Waals surface area contributed by atoms with Crippen LogP contribution in [0.1, 0.15) is 0 Å². The van der Waals surface area contributed by atoms with Crippen molar-refractivity contribution < 1.29 is 4.74 Å². The van der Waals surface area contributed by atoms with Crippen molar-refractivity contribution in [3.8, 4) is 5.75 Å². The smallest absolute Gasteiger partial charge is 0.142 e. The average molecular weight is 263 g/mol. The molecule has 13 heavy (non-hydrogen) atoms. The molecular weight excluding hydrogens is 253 g/mol. The van der Waals surface area contributed by atoms with Gasteiger partial charge in [0.15, 0.2) is 0 Å². The molecule has 0 atom stereocenters. The van der Waals surface area contributed by atoms with Crippen LogP contribution < -0.4 is 10.5 Å². The van der Waals surface area contributed by atoms with Crippen LogP contribution in [0.3, 0.4) is 0 Å². The lowest BCUT2D eigenvalue weighted by atomic mass is 10.3. The van der Waals surface area contributed by atoms with Crippen molar-refractivity contribution in [1.29, 1.82) is 0 Å². The van der Waals surface area contributed by atoms with Crippen LogP contribution in [0, 0.1) is 0 Å². The van der Waals surface area contributed by atoms with Crippen LogP contribution in [0.15, 0.2) is 34.3 Å². The summed E-state index contributed by atoms with van der Waals surface area (Å²) in [4.78, 5) is 0. The summed E-state index contributed by atoms with van der Waals surface area (Å²) in [6.07, 6.45) is 1.70. The van der Waals surface area contributed by atoms with Gasteiger partial charge in [0, 0.05) is 10.0 Å². The van der Waals surface area contributed by atoms with Gasteiger partial charge in [-0.3, -0.25) is 0 Å². The van der Waals surface area contributed by atoms with E-state index in [1.807, 2.05) is 12.1 Å². The van der Waals surface area contributed by atoms with E-state index in [4.69, 9.17) is 22.1 Å². The Bertz CT molecular complexity index is 314. The number of nitrogen functional groups attached to an aromatic ring is 1. The van der Waals surface area contributed by atoms with Gasteiger partial charge in [-0.1, -0.05) is 27.5 Å². The van der Waals surface area contributed by atoms with Gasteiger partial charge in [0.05, 0.1) is 5.69 Å². The van der Waals surface area contributed by atoms with E-state index >= 15 is 0 Å². The monoisotopic (exact) mass is 261 g/mol. The minimum Gasteiger partial charge on any atom is -0.487 e. The predicted molar refractivity (Wildman–Crippen MR) is 59.0 cm³/mol. The molecule has 0 aliphatic heterocycles. The zero-order chi connectivity index (χ0) is 9.68. The molecule has 0 saturated heterocycles. The number of benzene rings is 1. The molecule has 4 heteroatoms. The van der Waals surface area contributed by atoms with Gasteiger partial charge in [-0.25, -0.2) is 0 Å². The van der Waals surface area contributed by atoms with Crippen molar-refractivity contribution in [3.05, 3.63) is 34.3 Å². The second-order valence-electron chi connectivity index (χ2n) is 2.35. The second-order valence-corrected chi connectivity index (χ2v) is 3.52. The van der Waals surface area contributed by atoms with Crippen molar-refractivity contribution in [2.75, 3.05) is 12.3 Å². The normalized spacial score (nSPS) is 10.6. The maximum Gasteiger partial charge on any atom is 0.142 e. The molecule has 70 valence electrons. The summed E-state index contributed by atoms with van der Waals surface area (Å²) < 4.78 is 6.25. The Labute approximate surface area is 90.5 Å². The molecule has 0 aliphatic carbocycles. The maximum atomic E-state index is 5.69. The Hall–Kier alpha value is -0.670. The summed E-state index contributed by atoms with van der Waals surface area (Å²) in [5.41, 5.74) is 7.71. The molecule has 1 aromatic carbocycles. The summed E-state index contributed by atoms with van der Waals surface area (Å²) in [5, 5.41) is 0. The molecule has 0 radical (unpaired) electrons. The second kappa shape index (κ2) is 5.14. The molecule has 2 nitrogen and oxygen atoms in total. The zero-order valence-electron chi connectivity index (χ0n) is 6.84. The van der Waals surface area contributed by atoms with Crippen molar-refractivity contribution in [2.45, 2.75) is 0 Å². The molecule has 0 bridgehead atoms. The number of rotatable bonds is 3. The lowest BCUT2D eigenvalue weighted by molar-refractivity contribution is 0.365. The molecule has 0 heterocycles. The number of ether oxygens (including phenoxy) is 1. The van der Waals surface area contributed by atoms with Gasteiger partial charge in [0.2, 0.25) is 0 Å². The Balaban J connectivity index is 2.66. The van der Waals surface area contributed by atoms with Crippen LogP contribution >= 0.6 is 27.5 Å². The van der Waals surface area contributed by atoms with E-state index in [-0.39, 0.29) is 0 Å². The van der Waals surface area contributed by atoms with Gasteiger partial charge < -0.3 is 10.5 Å². The zero-order valence-corrected chi connectivity index (χ0v) is 9.18. The van der Waals surface area contributed by atoms with Gasteiger partial charge >= 0.3 is 0 Å². The molecule has 0 amide bonds. The molecular formula is C9H9BrClNO. The molecule has 1 rings (SSSR count). The van der Waals surface area contributed by atoms with Gasteiger partial charge in [0.1, 0.15) is 12.4 Å². The third-order valence-corrected chi connectivity index (χ3v) is 2.07. The van der Waals surface area contributed by atoms with Gasteiger partial charge in [-0.05, 0) is 24.3 Å². The average Bonchev–Trinajstić information content (AvgIpc) is 2.09. The molecule has 0 aliphatic rings. The first-order valence-corrected chi connectivity index (χ1v) is 4.90. The fourth-order valence-corrected chi connectivity index (χ4v) is 1.28. The lowest BCUT2D eigenvalue weighted by Gasteiger charge is -2.06. The predicted octanol–water partition coefficient (Wildman–Crippen LogP) is 3.16. The first-order valence-electron chi connectivity index (χ1n) is 3.67. The lowest BCUT2D eigenvalue weighted by Crippen LogP contribution is -1.97. The number of hydrogen-bond donors (Lipinski definition) is 1. The van der Waals surface area contributed by atoms with Crippen molar-refractivity contribution >= 4 is 33.2 Å². The van der Waals surface area contributed by atoms with E-state index in [1.54, 1.807) is 12.1 Å². The molecule has 0 aromatic heterocycles. The molecule has 0 unspecified atom stereocenters. The van der Waals surface area contributed by atoms with Crippen LogP contribution in [0.25, 0.3) is 0 Å². The molecule has 0 fully saturated rings. The molecule has 0 spiro atoms. The van der Waals surface area contributed by atoms with E-state index in [0.29, 0.717) is 18.0 Å². The maximum absolute atomic E-state index is 5.69. The molecule has 1 aromatic rings. The van der Waals surface area contributed by atoms with Crippen molar-refractivity contribution in [3.63, 3.8) is 0 Å². The third-order valence-electron chi connectivity index (χ3n) is 1.40. The Kier molecular flexibility index (Phi) is 4.12. The van der Waals surface area contributed by atoms with Crippen molar-refractivity contribution in [2.24, 2.45) is 0 Å². The van der Waals surface area contributed by atoms with Gasteiger partial charge in [0.25, 0.3) is 0 Å². The van der Waals surface area contributed by atoms with Gasteiger partial charge in [-0.15, -0.1) is 0 Å². The Morgan fingerprint density at radius 2 is 2.31 bits per heavy atom. The fourth-order valence-electron chi connectivity index (χ4n) is 0.825. The first-order chi connectivity index (χ1) is 6.24. The summed E-state index contributed by atoms with van der Waals surface area (Å²) in [5.74, 6) is 0.665. The standard InChI is InChI=1S/C9H9BrClNO/c10-7-2-3-9(8(12)6-7)13-5-1-4-11/h1-4,6H,5,12H2/b4-1+. The highest BCUT2D eigenvalue weighted by molar-refractivity contribution is 9.10. The minimum absolute atomic E-state index is 0.426. The van der Waals surface area contributed by atoms with Gasteiger partial charge in [-0.2, -0.15) is 0 Å². The number of nitrogens with two attached hydrogens (primary N) is 1. The van der Waals surface area contributed by atoms with Crippen LogP contribution in [-0.4, -0.2) is 6.61 Å². The van der Waals surface area contributed by atoms with E-state index in [0.717, 1.165) is 4.47 Å². The van der Waals surface area contributed by atoms with Crippen LogP contribution in [0.2, 0.25) is 0 Å².